The molecule has 2 rings (SSSR count). The molecule has 0 saturated carbocycles. The highest BCUT2D eigenvalue weighted by Crippen LogP contribution is 2.19. The third-order valence-electron chi connectivity index (χ3n) is 3.00. The first-order valence-electron chi connectivity index (χ1n) is 5.67. The maximum Gasteiger partial charge on any atom is 0.218 e. The summed E-state index contributed by atoms with van der Waals surface area (Å²) in [5, 5.41) is 18.3. The molecule has 0 radical (unpaired) electrons. The second-order valence-corrected chi connectivity index (χ2v) is 6.29. The molecule has 96 valence electrons. The quantitative estimate of drug-likeness (QED) is 0.861. The van der Waals surface area contributed by atoms with E-state index in [1.54, 1.807) is 24.3 Å². The van der Waals surface area contributed by atoms with Gasteiger partial charge in [0.05, 0.1) is 23.5 Å². The zero-order chi connectivity index (χ0) is 13.2. The van der Waals surface area contributed by atoms with Crippen LogP contribution in [0.4, 0.5) is 0 Å². The van der Waals surface area contributed by atoms with Gasteiger partial charge in [-0.25, -0.2) is 8.42 Å². The van der Waals surface area contributed by atoms with Gasteiger partial charge < -0.3 is 5.11 Å². The Morgan fingerprint density at radius 3 is 2.78 bits per heavy atom. The predicted octanol–water partition coefficient (Wildman–Crippen LogP) is 0.455. The molecule has 0 amide bonds. The highest BCUT2D eigenvalue weighted by molar-refractivity contribution is 7.88. The summed E-state index contributed by atoms with van der Waals surface area (Å²) >= 11 is 0. The van der Waals surface area contributed by atoms with Crippen molar-refractivity contribution >= 4 is 10.0 Å². The SMILES string of the molecule is N#Cc1ccccc1CS(=O)(=O)N1CC[C@H](O)C1. The second kappa shape index (κ2) is 5.06. The number of aliphatic hydroxyl groups is 1. The third kappa shape index (κ3) is 2.70. The molecule has 1 saturated heterocycles. The summed E-state index contributed by atoms with van der Waals surface area (Å²) in [6, 6.07) is 8.64. The number of aliphatic hydroxyl groups excluding tert-OH is 1. The van der Waals surface area contributed by atoms with Gasteiger partial charge in [-0.3, -0.25) is 0 Å². The second-order valence-electron chi connectivity index (χ2n) is 4.33. The van der Waals surface area contributed by atoms with Crippen LogP contribution < -0.4 is 0 Å². The van der Waals surface area contributed by atoms with Gasteiger partial charge in [0.15, 0.2) is 0 Å². The number of benzene rings is 1. The minimum Gasteiger partial charge on any atom is -0.392 e. The molecule has 6 heteroatoms. The van der Waals surface area contributed by atoms with E-state index in [-0.39, 0.29) is 12.3 Å². The molecule has 1 atom stereocenters. The number of nitriles is 1. The monoisotopic (exact) mass is 266 g/mol. The highest BCUT2D eigenvalue weighted by Gasteiger charge is 2.30. The Morgan fingerprint density at radius 2 is 2.17 bits per heavy atom. The normalized spacial score (nSPS) is 20.8. The van der Waals surface area contributed by atoms with Crippen LogP contribution in [0, 0.1) is 11.3 Å². The van der Waals surface area contributed by atoms with Gasteiger partial charge in [0.1, 0.15) is 0 Å². The molecule has 0 aliphatic carbocycles. The molecule has 1 aliphatic heterocycles. The van der Waals surface area contributed by atoms with Crippen LogP contribution >= 0.6 is 0 Å². The van der Waals surface area contributed by atoms with Crippen LogP contribution in [-0.2, 0) is 15.8 Å². The molecule has 1 fully saturated rings. The Bertz CT molecular complexity index is 577. The van der Waals surface area contributed by atoms with Crippen molar-refractivity contribution in [2.75, 3.05) is 13.1 Å². The van der Waals surface area contributed by atoms with E-state index in [1.807, 2.05) is 6.07 Å². The highest BCUT2D eigenvalue weighted by atomic mass is 32.2. The molecule has 5 nitrogen and oxygen atoms in total. The molecule has 18 heavy (non-hydrogen) atoms. The number of sulfonamides is 1. The number of rotatable bonds is 3. The Labute approximate surface area is 106 Å². The Kier molecular flexibility index (Phi) is 3.66. The smallest absolute Gasteiger partial charge is 0.218 e. The summed E-state index contributed by atoms with van der Waals surface area (Å²) in [6.07, 6.45) is -0.106. The average molecular weight is 266 g/mol. The molecule has 0 unspecified atom stereocenters. The zero-order valence-corrected chi connectivity index (χ0v) is 10.6. The van der Waals surface area contributed by atoms with Crippen molar-refractivity contribution in [3.63, 3.8) is 0 Å². The van der Waals surface area contributed by atoms with Crippen molar-refractivity contribution in [1.82, 2.24) is 4.31 Å². The topological polar surface area (TPSA) is 81.4 Å². The van der Waals surface area contributed by atoms with Gasteiger partial charge in [-0.05, 0) is 18.1 Å². The molecule has 0 aromatic heterocycles. The van der Waals surface area contributed by atoms with Crippen LogP contribution in [0.5, 0.6) is 0 Å². The van der Waals surface area contributed by atoms with Crippen molar-refractivity contribution in [3.05, 3.63) is 35.4 Å². The Balaban J connectivity index is 2.21. The van der Waals surface area contributed by atoms with Gasteiger partial charge >= 0.3 is 0 Å². The van der Waals surface area contributed by atoms with Gasteiger partial charge in [-0.2, -0.15) is 9.57 Å². The summed E-state index contributed by atoms with van der Waals surface area (Å²) < 4.78 is 25.5. The number of β-amino-alcohol motifs (C(OH)–C–C–N with tert-alkyl or cyclic N) is 1. The molecule has 1 aromatic carbocycles. The number of nitrogens with zero attached hydrogens (tertiary/aromatic N) is 2. The molecular formula is C12H14N2O3S. The van der Waals surface area contributed by atoms with E-state index in [1.165, 1.54) is 4.31 Å². The molecule has 1 aliphatic rings. The zero-order valence-electron chi connectivity index (χ0n) is 9.78. The maximum absolute atomic E-state index is 12.1. The van der Waals surface area contributed by atoms with E-state index in [9.17, 15) is 13.5 Å². The summed E-state index contributed by atoms with van der Waals surface area (Å²) in [4.78, 5) is 0. The van der Waals surface area contributed by atoms with E-state index in [4.69, 9.17) is 5.26 Å². The fourth-order valence-electron chi connectivity index (χ4n) is 2.01. The van der Waals surface area contributed by atoms with Crippen molar-refractivity contribution in [1.29, 1.82) is 5.26 Å². The van der Waals surface area contributed by atoms with E-state index in [0.717, 1.165) is 0 Å². The number of hydrogen-bond acceptors (Lipinski definition) is 4. The van der Waals surface area contributed by atoms with Gasteiger partial charge in [0.2, 0.25) is 10.0 Å². The lowest BCUT2D eigenvalue weighted by Crippen LogP contribution is -2.31. The summed E-state index contributed by atoms with van der Waals surface area (Å²) in [6.45, 7) is 0.495. The molecule has 1 aromatic rings. The largest absolute Gasteiger partial charge is 0.392 e. The van der Waals surface area contributed by atoms with Crippen LogP contribution in [0.25, 0.3) is 0 Å². The van der Waals surface area contributed by atoms with Crippen LogP contribution in [0.3, 0.4) is 0 Å². The first kappa shape index (κ1) is 13.0. The first-order chi connectivity index (χ1) is 8.53. The van der Waals surface area contributed by atoms with E-state index < -0.39 is 16.1 Å². The molecule has 0 bridgehead atoms. The molecule has 1 heterocycles. The van der Waals surface area contributed by atoms with E-state index in [0.29, 0.717) is 24.1 Å². The third-order valence-corrected chi connectivity index (χ3v) is 4.79. The van der Waals surface area contributed by atoms with Crippen LogP contribution in [0.2, 0.25) is 0 Å². The standard InChI is InChI=1S/C12H14N2O3S/c13-7-10-3-1-2-4-11(10)9-18(16,17)14-6-5-12(15)8-14/h1-4,12,15H,5-6,8-9H2/t12-/m0/s1. The van der Waals surface area contributed by atoms with Crippen molar-refractivity contribution in [3.8, 4) is 6.07 Å². The molecule has 1 N–H and O–H groups in total. The fraction of sp³-hybridized carbons (Fsp3) is 0.417. The average Bonchev–Trinajstić information content (AvgIpc) is 2.77. The lowest BCUT2D eigenvalue weighted by atomic mass is 10.1. The summed E-state index contributed by atoms with van der Waals surface area (Å²) in [7, 11) is -3.46. The predicted molar refractivity (Wildman–Crippen MR) is 66.0 cm³/mol. The van der Waals surface area contributed by atoms with Crippen LogP contribution in [-0.4, -0.2) is 37.0 Å². The van der Waals surface area contributed by atoms with E-state index in [2.05, 4.69) is 0 Å². The maximum atomic E-state index is 12.1. The minimum absolute atomic E-state index is 0.150. The Morgan fingerprint density at radius 1 is 1.44 bits per heavy atom. The van der Waals surface area contributed by atoms with Crippen molar-refractivity contribution < 1.29 is 13.5 Å². The Hall–Kier alpha value is -1.42. The molecule has 0 spiro atoms. The minimum atomic E-state index is -3.46. The fourth-order valence-corrected chi connectivity index (χ4v) is 3.62. The van der Waals surface area contributed by atoms with Gasteiger partial charge in [-0.1, -0.05) is 18.2 Å². The number of hydrogen-bond donors (Lipinski definition) is 1. The van der Waals surface area contributed by atoms with Gasteiger partial charge in [0.25, 0.3) is 0 Å². The van der Waals surface area contributed by atoms with Crippen molar-refractivity contribution in [2.45, 2.75) is 18.3 Å². The summed E-state index contributed by atoms with van der Waals surface area (Å²) in [5.41, 5.74) is 0.877. The van der Waals surface area contributed by atoms with Crippen LogP contribution in [0.15, 0.2) is 24.3 Å². The van der Waals surface area contributed by atoms with Gasteiger partial charge in [-0.15, -0.1) is 0 Å². The van der Waals surface area contributed by atoms with Crippen LogP contribution in [0.1, 0.15) is 17.5 Å². The van der Waals surface area contributed by atoms with Gasteiger partial charge in [0, 0.05) is 13.1 Å². The van der Waals surface area contributed by atoms with E-state index >= 15 is 0 Å². The molecular weight excluding hydrogens is 252 g/mol. The lowest BCUT2D eigenvalue weighted by molar-refractivity contribution is 0.189. The summed E-state index contributed by atoms with van der Waals surface area (Å²) in [5.74, 6) is -0.191. The first-order valence-corrected chi connectivity index (χ1v) is 7.28. The van der Waals surface area contributed by atoms with Crippen molar-refractivity contribution in [2.24, 2.45) is 0 Å². The lowest BCUT2D eigenvalue weighted by Gasteiger charge is -2.16.